The molecule has 0 saturated heterocycles. The van der Waals surface area contributed by atoms with Crippen LogP contribution in [0, 0.1) is 0 Å². The summed E-state index contributed by atoms with van der Waals surface area (Å²) in [5.74, 6) is 0. The monoisotopic (exact) mass is 152 g/mol. The van der Waals surface area contributed by atoms with Crippen LogP contribution in [0.15, 0.2) is 36.6 Å². The quantitative estimate of drug-likeness (QED) is 0.612. The van der Waals surface area contributed by atoms with Crippen LogP contribution in [0.2, 0.25) is 0 Å². The highest BCUT2D eigenvalue weighted by Gasteiger charge is 1.92. The lowest BCUT2D eigenvalue weighted by atomic mass is 10.2. The fourth-order valence-corrected chi connectivity index (χ4v) is 0.801. The van der Waals surface area contributed by atoms with Gasteiger partial charge in [-0.1, -0.05) is 18.7 Å². The predicted octanol–water partition coefficient (Wildman–Crippen LogP) is 1.13. The van der Waals surface area contributed by atoms with Gasteiger partial charge in [-0.3, -0.25) is 0 Å². The molecule has 0 amide bonds. The molecule has 2 nitrogen and oxygen atoms in total. The maximum Gasteiger partial charge on any atom is 0.0228 e. The SMILES string of the molecule is C=C/C=C(\C=C/N)CN(C)C. The highest BCUT2D eigenvalue weighted by atomic mass is 15.0. The summed E-state index contributed by atoms with van der Waals surface area (Å²) in [6.07, 6.45) is 7.13. The highest BCUT2D eigenvalue weighted by molar-refractivity contribution is 5.23. The Morgan fingerprint density at radius 3 is 2.55 bits per heavy atom. The van der Waals surface area contributed by atoms with E-state index in [1.807, 2.05) is 26.2 Å². The molecule has 0 spiro atoms. The molecule has 11 heavy (non-hydrogen) atoms. The number of nitrogens with zero attached hydrogens (tertiary/aromatic N) is 1. The van der Waals surface area contributed by atoms with Gasteiger partial charge in [0.25, 0.3) is 0 Å². The van der Waals surface area contributed by atoms with Crippen molar-refractivity contribution in [1.82, 2.24) is 4.90 Å². The summed E-state index contributed by atoms with van der Waals surface area (Å²) in [6, 6.07) is 0. The zero-order chi connectivity index (χ0) is 8.69. The lowest BCUT2D eigenvalue weighted by Crippen LogP contribution is -2.14. The van der Waals surface area contributed by atoms with Gasteiger partial charge in [0.05, 0.1) is 0 Å². The van der Waals surface area contributed by atoms with Gasteiger partial charge in [0.1, 0.15) is 0 Å². The molecule has 0 aliphatic carbocycles. The fourth-order valence-electron chi connectivity index (χ4n) is 0.801. The molecule has 2 N–H and O–H groups in total. The van der Waals surface area contributed by atoms with Crippen molar-refractivity contribution in [2.45, 2.75) is 0 Å². The van der Waals surface area contributed by atoms with Gasteiger partial charge in [0.15, 0.2) is 0 Å². The normalized spacial score (nSPS) is 12.8. The van der Waals surface area contributed by atoms with E-state index in [0.717, 1.165) is 12.1 Å². The van der Waals surface area contributed by atoms with Gasteiger partial charge in [-0.2, -0.15) is 0 Å². The minimum absolute atomic E-state index is 0.889. The average Bonchev–Trinajstić information content (AvgIpc) is 1.87. The van der Waals surface area contributed by atoms with Crippen molar-refractivity contribution in [2.75, 3.05) is 20.6 Å². The van der Waals surface area contributed by atoms with Crippen LogP contribution in [0.5, 0.6) is 0 Å². The Kier molecular flexibility index (Phi) is 5.21. The van der Waals surface area contributed by atoms with Gasteiger partial charge in [-0.15, -0.1) is 0 Å². The van der Waals surface area contributed by atoms with E-state index in [4.69, 9.17) is 5.73 Å². The van der Waals surface area contributed by atoms with E-state index in [0.29, 0.717) is 0 Å². The van der Waals surface area contributed by atoms with E-state index in [-0.39, 0.29) is 0 Å². The van der Waals surface area contributed by atoms with Crippen LogP contribution >= 0.6 is 0 Å². The smallest absolute Gasteiger partial charge is 0.0228 e. The Morgan fingerprint density at radius 1 is 1.55 bits per heavy atom. The molecule has 0 aromatic carbocycles. The largest absolute Gasteiger partial charge is 0.405 e. The molecule has 0 saturated carbocycles. The minimum atomic E-state index is 0.889. The Morgan fingerprint density at radius 2 is 2.18 bits per heavy atom. The summed E-state index contributed by atoms with van der Waals surface area (Å²) in [7, 11) is 4.03. The standard InChI is InChI=1S/C9H16N2/c1-4-5-9(6-7-10)8-11(2)3/h4-7H,1,8,10H2,2-3H3/b7-6-,9-5+. The molecule has 0 fully saturated rings. The Hall–Kier alpha value is -1.02. The molecule has 0 aromatic rings. The maximum atomic E-state index is 5.26. The van der Waals surface area contributed by atoms with Crippen LogP contribution in [-0.2, 0) is 0 Å². The Labute approximate surface area is 68.7 Å². The molecule has 0 bridgehead atoms. The number of nitrogens with two attached hydrogens (primary N) is 1. The molecule has 62 valence electrons. The van der Waals surface area contributed by atoms with Crippen LogP contribution in [0.4, 0.5) is 0 Å². The molecule has 0 rings (SSSR count). The second-order valence-corrected chi connectivity index (χ2v) is 2.57. The first-order chi connectivity index (χ1) is 5.20. The lowest BCUT2D eigenvalue weighted by Gasteiger charge is -2.09. The van der Waals surface area contributed by atoms with E-state index >= 15 is 0 Å². The molecular weight excluding hydrogens is 136 g/mol. The first-order valence-electron chi connectivity index (χ1n) is 3.55. The van der Waals surface area contributed by atoms with E-state index in [2.05, 4.69) is 11.5 Å². The topological polar surface area (TPSA) is 29.3 Å². The van der Waals surface area contributed by atoms with Crippen LogP contribution in [0.1, 0.15) is 0 Å². The van der Waals surface area contributed by atoms with Gasteiger partial charge in [-0.25, -0.2) is 0 Å². The van der Waals surface area contributed by atoms with Gasteiger partial charge >= 0.3 is 0 Å². The molecule has 0 aliphatic rings. The molecule has 0 atom stereocenters. The summed E-state index contributed by atoms with van der Waals surface area (Å²) in [5.41, 5.74) is 6.42. The molecule has 2 heteroatoms. The summed E-state index contributed by atoms with van der Waals surface area (Å²) >= 11 is 0. The number of allylic oxidation sites excluding steroid dienone is 2. The predicted molar refractivity (Wildman–Crippen MR) is 50.2 cm³/mol. The van der Waals surface area contributed by atoms with Crippen molar-refractivity contribution < 1.29 is 0 Å². The fraction of sp³-hybridized carbons (Fsp3) is 0.333. The molecule has 0 aliphatic heterocycles. The molecule has 0 heterocycles. The third-order valence-corrected chi connectivity index (χ3v) is 1.14. The van der Waals surface area contributed by atoms with Crippen LogP contribution in [0.25, 0.3) is 0 Å². The van der Waals surface area contributed by atoms with Crippen LogP contribution in [0.3, 0.4) is 0 Å². The second kappa shape index (κ2) is 5.74. The molecule has 0 unspecified atom stereocenters. The van der Waals surface area contributed by atoms with E-state index < -0.39 is 0 Å². The second-order valence-electron chi connectivity index (χ2n) is 2.57. The molecule has 0 radical (unpaired) electrons. The third kappa shape index (κ3) is 5.43. The summed E-state index contributed by atoms with van der Waals surface area (Å²) in [6.45, 7) is 4.51. The highest BCUT2D eigenvalue weighted by Crippen LogP contribution is 1.97. The molecule has 0 aromatic heterocycles. The number of rotatable bonds is 4. The zero-order valence-electron chi connectivity index (χ0n) is 7.25. The molecular formula is C9H16N2. The van der Waals surface area contributed by atoms with Gasteiger partial charge in [0, 0.05) is 6.54 Å². The van der Waals surface area contributed by atoms with E-state index in [9.17, 15) is 0 Å². The van der Waals surface area contributed by atoms with Crippen molar-refractivity contribution in [3.63, 3.8) is 0 Å². The minimum Gasteiger partial charge on any atom is -0.405 e. The number of hydrogen-bond acceptors (Lipinski definition) is 2. The Balaban J connectivity index is 4.11. The maximum absolute atomic E-state index is 5.26. The van der Waals surface area contributed by atoms with Crippen molar-refractivity contribution in [3.05, 3.63) is 36.6 Å². The first kappa shape index (κ1) is 9.98. The summed E-state index contributed by atoms with van der Waals surface area (Å²) < 4.78 is 0. The summed E-state index contributed by atoms with van der Waals surface area (Å²) in [5, 5.41) is 0. The van der Waals surface area contributed by atoms with Crippen molar-refractivity contribution >= 4 is 0 Å². The van der Waals surface area contributed by atoms with Crippen LogP contribution < -0.4 is 5.73 Å². The zero-order valence-corrected chi connectivity index (χ0v) is 7.25. The summed E-state index contributed by atoms with van der Waals surface area (Å²) in [4.78, 5) is 2.08. The van der Waals surface area contributed by atoms with Gasteiger partial charge < -0.3 is 10.6 Å². The van der Waals surface area contributed by atoms with Crippen molar-refractivity contribution in [3.8, 4) is 0 Å². The number of hydrogen-bond donors (Lipinski definition) is 1. The third-order valence-electron chi connectivity index (χ3n) is 1.14. The lowest BCUT2D eigenvalue weighted by molar-refractivity contribution is 0.449. The Bertz CT molecular complexity index is 166. The van der Waals surface area contributed by atoms with E-state index in [1.54, 1.807) is 12.3 Å². The van der Waals surface area contributed by atoms with Gasteiger partial charge in [-0.05, 0) is 31.9 Å². The first-order valence-corrected chi connectivity index (χ1v) is 3.55. The van der Waals surface area contributed by atoms with Gasteiger partial charge in [0.2, 0.25) is 0 Å². The number of likely N-dealkylation sites (N-methyl/N-ethyl adjacent to an activating group) is 1. The van der Waals surface area contributed by atoms with Crippen molar-refractivity contribution in [2.24, 2.45) is 5.73 Å². The van der Waals surface area contributed by atoms with Crippen LogP contribution in [-0.4, -0.2) is 25.5 Å². The van der Waals surface area contributed by atoms with E-state index in [1.165, 1.54) is 0 Å². The average molecular weight is 152 g/mol. The van der Waals surface area contributed by atoms with Crippen molar-refractivity contribution in [1.29, 1.82) is 0 Å².